The molecule has 0 unspecified atom stereocenters. The molecule has 1 atom stereocenters. The maximum Gasteiger partial charge on any atom is 0.241 e. The van der Waals surface area contributed by atoms with Gasteiger partial charge in [0.15, 0.2) is 0 Å². The summed E-state index contributed by atoms with van der Waals surface area (Å²) < 4.78 is 5.02. The number of rotatable bonds is 4. The van der Waals surface area contributed by atoms with Crippen LogP contribution in [0.1, 0.15) is 26.3 Å². The number of anilines is 1. The van der Waals surface area contributed by atoms with Gasteiger partial charge in [-0.1, -0.05) is 32.9 Å². The van der Waals surface area contributed by atoms with Crippen molar-refractivity contribution >= 4 is 11.6 Å². The van der Waals surface area contributed by atoms with Crippen molar-refractivity contribution in [3.63, 3.8) is 0 Å². The van der Waals surface area contributed by atoms with Gasteiger partial charge in [-0.15, -0.1) is 0 Å². The first-order valence-electron chi connectivity index (χ1n) is 5.99. The van der Waals surface area contributed by atoms with E-state index in [2.05, 4.69) is 5.32 Å². The van der Waals surface area contributed by atoms with Gasteiger partial charge in [0.1, 0.15) is 0 Å². The lowest BCUT2D eigenvalue weighted by molar-refractivity contribution is -0.119. The average molecular weight is 250 g/mol. The van der Waals surface area contributed by atoms with E-state index in [0.717, 1.165) is 11.3 Å². The van der Waals surface area contributed by atoms with E-state index in [1.807, 2.05) is 45.0 Å². The molecule has 4 nitrogen and oxygen atoms in total. The minimum absolute atomic E-state index is 0.165. The van der Waals surface area contributed by atoms with Crippen LogP contribution in [0, 0.1) is 5.41 Å². The standard InChI is InChI=1S/C14H22N2O2/c1-14(2,3)12(15)13(17)16-11-7-5-10(6-8-11)9-18-4/h5-8,12H,9,15H2,1-4H3,(H,16,17)/t12-/m1/s1. The predicted molar refractivity (Wildman–Crippen MR) is 73.2 cm³/mol. The molecule has 0 saturated carbocycles. The van der Waals surface area contributed by atoms with E-state index in [-0.39, 0.29) is 11.3 Å². The topological polar surface area (TPSA) is 64.3 Å². The fraction of sp³-hybridized carbons (Fsp3) is 0.500. The zero-order valence-electron chi connectivity index (χ0n) is 11.5. The lowest BCUT2D eigenvalue weighted by atomic mass is 9.87. The smallest absolute Gasteiger partial charge is 0.241 e. The summed E-state index contributed by atoms with van der Waals surface area (Å²) in [5.74, 6) is -0.165. The summed E-state index contributed by atoms with van der Waals surface area (Å²) in [6.07, 6.45) is 0. The molecule has 18 heavy (non-hydrogen) atoms. The van der Waals surface area contributed by atoms with E-state index in [9.17, 15) is 4.79 Å². The number of methoxy groups -OCH3 is 1. The molecule has 0 aliphatic carbocycles. The Hall–Kier alpha value is -1.39. The summed E-state index contributed by atoms with van der Waals surface area (Å²) in [6, 6.07) is 7.00. The van der Waals surface area contributed by atoms with Gasteiger partial charge in [0.25, 0.3) is 0 Å². The first kappa shape index (κ1) is 14.7. The maximum atomic E-state index is 11.9. The van der Waals surface area contributed by atoms with Crippen molar-refractivity contribution in [2.75, 3.05) is 12.4 Å². The largest absolute Gasteiger partial charge is 0.380 e. The summed E-state index contributed by atoms with van der Waals surface area (Å²) in [4.78, 5) is 11.9. The number of carbonyl (C=O) groups is 1. The van der Waals surface area contributed by atoms with Gasteiger partial charge in [-0.25, -0.2) is 0 Å². The number of hydrogen-bond donors (Lipinski definition) is 2. The third-order valence-electron chi connectivity index (χ3n) is 2.75. The van der Waals surface area contributed by atoms with Crippen LogP contribution in [0.2, 0.25) is 0 Å². The van der Waals surface area contributed by atoms with E-state index in [1.165, 1.54) is 0 Å². The third kappa shape index (κ3) is 4.13. The third-order valence-corrected chi connectivity index (χ3v) is 2.75. The van der Waals surface area contributed by atoms with Crippen molar-refractivity contribution in [3.8, 4) is 0 Å². The maximum absolute atomic E-state index is 11.9. The van der Waals surface area contributed by atoms with Crippen LogP contribution in [0.3, 0.4) is 0 Å². The van der Waals surface area contributed by atoms with Crippen molar-refractivity contribution in [2.24, 2.45) is 11.1 Å². The summed E-state index contributed by atoms with van der Waals surface area (Å²) in [5, 5.41) is 2.81. The normalized spacial score (nSPS) is 13.2. The Balaban J connectivity index is 2.65. The van der Waals surface area contributed by atoms with E-state index < -0.39 is 6.04 Å². The number of nitrogens with two attached hydrogens (primary N) is 1. The first-order valence-corrected chi connectivity index (χ1v) is 5.99. The van der Waals surface area contributed by atoms with E-state index in [1.54, 1.807) is 7.11 Å². The highest BCUT2D eigenvalue weighted by molar-refractivity contribution is 5.95. The minimum atomic E-state index is -0.531. The van der Waals surface area contributed by atoms with Gasteiger partial charge >= 0.3 is 0 Å². The molecule has 4 heteroatoms. The molecule has 0 radical (unpaired) electrons. The van der Waals surface area contributed by atoms with Crippen molar-refractivity contribution in [3.05, 3.63) is 29.8 Å². The highest BCUT2D eigenvalue weighted by Gasteiger charge is 2.27. The molecule has 0 aliphatic rings. The molecule has 1 aromatic rings. The molecule has 0 bridgehead atoms. The highest BCUT2D eigenvalue weighted by Crippen LogP contribution is 2.19. The van der Waals surface area contributed by atoms with Gasteiger partial charge < -0.3 is 15.8 Å². The quantitative estimate of drug-likeness (QED) is 0.860. The molecule has 0 fully saturated rings. The highest BCUT2D eigenvalue weighted by atomic mass is 16.5. The van der Waals surface area contributed by atoms with Gasteiger partial charge in [0, 0.05) is 12.8 Å². The summed E-state index contributed by atoms with van der Waals surface area (Å²) in [5.41, 5.74) is 7.45. The number of ether oxygens (including phenoxy) is 1. The van der Waals surface area contributed by atoms with Crippen LogP contribution in [-0.4, -0.2) is 19.1 Å². The SMILES string of the molecule is COCc1ccc(NC(=O)[C@@H](N)C(C)(C)C)cc1. The van der Waals surface area contributed by atoms with Gasteiger partial charge in [0.05, 0.1) is 12.6 Å². The Kier molecular flexibility index (Phi) is 4.87. The summed E-state index contributed by atoms with van der Waals surface area (Å²) in [6.45, 7) is 6.40. The molecule has 3 N–H and O–H groups in total. The molecule has 0 aliphatic heterocycles. The van der Waals surface area contributed by atoms with Crippen LogP contribution in [0.25, 0.3) is 0 Å². The zero-order chi connectivity index (χ0) is 13.8. The number of nitrogens with one attached hydrogen (secondary N) is 1. The zero-order valence-corrected chi connectivity index (χ0v) is 11.5. The predicted octanol–water partition coefficient (Wildman–Crippen LogP) is 2.14. The molecule has 1 amide bonds. The van der Waals surface area contributed by atoms with Crippen LogP contribution in [0.5, 0.6) is 0 Å². The molecule has 0 aromatic heterocycles. The lowest BCUT2D eigenvalue weighted by Gasteiger charge is -2.25. The number of amides is 1. The van der Waals surface area contributed by atoms with Gasteiger partial charge in [-0.05, 0) is 23.1 Å². The first-order chi connectivity index (χ1) is 8.34. The summed E-state index contributed by atoms with van der Waals surface area (Å²) in [7, 11) is 1.65. The molecule has 100 valence electrons. The Labute approximate surface area is 109 Å². The average Bonchev–Trinajstić information content (AvgIpc) is 2.30. The fourth-order valence-electron chi connectivity index (χ4n) is 1.46. The molecule has 1 aromatic carbocycles. The molecular formula is C14H22N2O2. The van der Waals surface area contributed by atoms with Crippen LogP contribution < -0.4 is 11.1 Å². The number of benzene rings is 1. The van der Waals surface area contributed by atoms with Crippen LogP contribution in [0.15, 0.2) is 24.3 Å². The number of hydrogen-bond acceptors (Lipinski definition) is 3. The van der Waals surface area contributed by atoms with Crippen molar-refractivity contribution < 1.29 is 9.53 Å². The lowest BCUT2D eigenvalue weighted by Crippen LogP contribution is -2.45. The molecule has 0 spiro atoms. The van der Waals surface area contributed by atoms with Crippen LogP contribution >= 0.6 is 0 Å². The molecule has 1 rings (SSSR count). The van der Waals surface area contributed by atoms with Crippen molar-refractivity contribution in [1.29, 1.82) is 0 Å². The Bertz CT molecular complexity index is 393. The van der Waals surface area contributed by atoms with Crippen LogP contribution in [-0.2, 0) is 16.1 Å². The van der Waals surface area contributed by atoms with Crippen molar-refractivity contribution in [1.82, 2.24) is 0 Å². The van der Waals surface area contributed by atoms with Gasteiger partial charge in [-0.2, -0.15) is 0 Å². The van der Waals surface area contributed by atoms with Crippen molar-refractivity contribution in [2.45, 2.75) is 33.4 Å². The van der Waals surface area contributed by atoms with E-state index >= 15 is 0 Å². The monoisotopic (exact) mass is 250 g/mol. The number of carbonyl (C=O) groups excluding carboxylic acids is 1. The van der Waals surface area contributed by atoms with E-state index in [4.69, 9.17) is 10.5 Å². The second-order valence-electron chi connectivity index (χ2n) is 5.46. The fourth-order valence-corrected chi connectivity index (χ4v) is 1.46. The van der Waals surface area contributed by atoms with Gasteiger partial charge in [0.2, 0.25) is 5.91 Å². The Morgan fingerprint density at radius 1 is 1.33 bits per heavy atom. The van der Waals surface area contributed by atoms with E-state index in [0.29, 0.717) is 6.61 Å². The van der Waals surface area contributed by atoms with Gasteiger partial charge in [-0.3, -0.25) is 4.79 Å². The minimum Gasteiger partial charge on any atom is -0.380 e. The molecule has 0 heterocycles. The second-order valence-corrected chi connectivity index (χ2v) is 5.46. The molecular weight excluding hydrogens is 228 g/mol. The second kappa shape index (κ2) is 5.98. The Morgan fingerprint density at radius 3 is 2.33 bits per heavy atom. The Morgan fingerprint density at radius 2 is 1.89 bits per heavy atom. The summed E-state index contributed by atoms with van der Waals surface area (Å²) >= 11 is 0. The van der Waals surface area contributed by atoms with Crippen LogP contribution in [0.4, 0.5) is 5.69 Å². The molecule has 0 saturated heterocycles.